The lowest BCUT2D eigenvalue weighted by atomic mass is 9.89. The lowest BCUT2D eigenvalue weighted by Gasteiger charge is -2.29. The monoisotopic (exact) mass is 383 g/mol. The molecule has 0 unspecified atom stereocenters. The van der Waals surface area contributed by atoms with Crippen LogP contribution < -0.4 is 4.74 Å². The fraction of sp³-hybridized carbons (Fsp3) is 0.381. The number of likely N-dealkylation sites (tertiary alicyclic amines) is 2. The summed E-state index contributed by atoms with van der Waals surface area (Å²) in [5.74, 6) is 0.0374. The first kappa shape index (κ1) is 18.4. The average molecular weight is 383 g/mol. The first-order valence-corrected chi connectivity index (χ1v) is 9.30. The van der Waals surface area contributed by atoms with Crippen molar-refractivity contribution in [2.75, 3.05) is 26.7 Å². The number of aromatic nitrogens is 1. The number of carbonyl (C=O) groups is 2. The molecule has 28 heavy (non-hydrogen) atoms. The number of benzene rings is 1. The second-order valence-corrected chi connectivity index (χ2v) is 7.37. The van der Waals surface area contributed by atoms with Crippen LogP contribution in [0, 0.1) is 17.7 Å². The van der Waals surface area contributed by atoms with Gasteiger partial charge in [0, 0.05) is 44.6 Å². The highest BCUT2D eigenvalue weighted by Crippen LogP contribution is 2.45. The fourth-order valence-electron chi connectivity index (χ4n) is 4.54. The normalized spacial score (nSPS) is 23.6. The van der Waals surface area contributed by atoms with E-state index in [9.17, 15) is 14.0 Å². The third kappa shape index (κ3) is 3.10. The maximum Gasteiger partial charge on any atom is 0.259 e. The molecule has 2 saturated heterocycles. The summed E-state index contributed by atoms with van der Waals surface area (Å²) in [6.07, 6.45) is 1.58. The van der Waals surface area contributed by atoms with Crippen LogP contribution in [0.15, 0.2) is 42.6 Å². The molecule has 2 amide bonds. The van der Waals surface area contributed by atoms with Crippen LogP contribution in [0.2, 0.25) is 0 Å². The zero-order valence-electron chi connectivity index (χ0n) is 15.8. The van der Waals surface area contributed by atoms with Gasteiger partial charge in [-0.05, 0) is 29.8 Å². The Morgan fingerprint density at radius 2 is 2.00 bits per heavy atom. The Balaban J connectivity index is 1.61. The van der Waals surface area contributed by atoms with Crippen LogP contribution in [0.25, 0.3) is 0 Å². The van der Waals surface area contributed by atoms with E-state index in [1.165, 1.54) is 26.2 Å². The predicted octanol–water partition coefficient (Wildman–Crippen LogP) is 2.52. The van der Waals surface area contributed by atoms with E-state index in [0.29, 0.717) is 31.1 Å². The van der Waals surface area contributed by atoms with E-state index in [2.05, 4.69) is 4.98 Å². The molecular weight excluding hydrogens is 361 g/mol. The van der Waals surface area contributed by atoms with Gasteiger partial charge in [0.1, 0.15) is 11.4 Å². The highest BCUT2D eigenvalue weighted by atomic mass is 19.1. The van der Waals surface area contributed by atoms with Gasteiger partial charge in [-0.1, -0.05) is 12.1 Å². The molecule has 0 spiro atoms. The summed E-state index contributed by atoms with van der Waals surface area (Å²) >= 11 is 0. The summed E-state index contributed by atoms with van der Waals surface area (Å²) < 4.78 is 19.0. The summed E-state index contributed by atoms with van der Waals surface area (Å²) in [7, 11) is 1.49. The Kier molecular flexibility index (Phi) is 4.75. The molecule has 4 rings (SSSR count). The van der Waals surface area contributed by atoms with Gasteiger partial charge >= 0.3 is 0 Å². The van der Waals surface area contributed by atoms with E-state index in [-0.39, 0.29) is 35.5 Å². The van der Waals surface area contributed by atoms with Crippen molar-refractivity contribution in [1.82, 2.24) is 14.8 Å². The molecule has 2 aliphatic rings. The first-order valence-electron chi connectivity index (χ1n) is 9.30. The molecule has 3 atom stereocenters. The van der Waals surface area contributed by atoms with Gasteiger partial charge in [-0.25, -0.2) is 9.37 Å². The van der Waals surface area contributed by atoms with E-state index in [1.807, 2.05) is 6.07 Å². The molecule has 0 bridgehead atoms. The number of rotatable bonds is 3. The number of ether oxygens (including phenoxy) is 1. The topological polar surface area (TPSA) is 62.7 Å². The molecule has 6 nitrogen and oxygen atoms in total. The number of carbonyl (C=O) groups excluding carboxylic acids is 2. The lowest BCUT2D eigenvalue weighted by molar-refractivity contribution is -0.130. The van der Waals surface area contributed by atoms with Gasteiger partial charge in [0.05, 0.1) is 13.2 Å². The molecule has 7 heteroatoms. The summed E-state index contributed by atoms with van der Waals surface area (Å²) in [4.78, 5) is 32.9. The highest BCUT2D eigenvalue weighted by Gasteiger charge is 2.49. The fourth-order valence-corrected chi connectivity index (χ4v) is 4.54. The third-order valence-corrected chi connectivity index (χ3v) is 5.74. The largest absolute Gasteiger partial charge is 0.480 e. The van der Waals surface area contributed by atoms with Crippen LogP contribution in [0.4, 0.5) is 4.39 Å². The molecule has 0 aliphatic carbocycles. The Morgan fingerprint density at radius 1 is 1.18 bits per heavy atom. The van der Waals surface area contributed by atoms with Gasteiger partial charge < -0.3 is 14.5 Å². The van der Waals surface area contributed by atoms with Crippen molar-refractivity contribution in [3.63, 3.8) is 0 Å². The molecule has 146 valence electrons. The van der Waals surface area contributed by atoms with Crippen LogP contribution >= 0.6 is 0 Å². The maximum atomic E-state index is 13.8. The molecule has 3 heterocycles. The molecule has 1 aromatic heterocycles. The second-order valence-electron chi connectivity index (χ2n) is 7.37. The molecule has 2 fully saturated rings. The second kappa shape index (κ2) is 7.22. The van der Waals surface area contributed by atoms with Gasteiger partial charge in [0.2, 0.25) is 11.8 Å². The minimum Gasteiger partial charge on any atom is -0.480 e. The molecule has 0 radical (unpaired) electrons. The van der Waals surface area contributed by atoms with Gasteiger partial charge in [0.25, 0.3) is 5.91 Å². The number of pyridine rings is 1. The van der Waals surface area contributed by atoms with Crippen molar-refractivity contribution in [3.8, 4) is 5.88 Å². The van der Waals surface area contributed by atoms with Gasteiger partial charge in [0.15, 0.2) is 0 Å². The molecule has 2 aromatic rings. The minimum absolute atomic E-state index is 0.0320. The van der Waals surface area contributed by atoms with Crippen LogP contribution in [-0.4, -0.2) is 53.3 Å². The lowest BCUT2D eigenvalue weighted by Crippen LogP contribution is -2.36. The zero-order chi connectivity index (χ0) is 19.8. The van der Waals surface area contributed by atoms with E-state index in [4.69, 9.17) is 4.74 Å². The van der Waals surface area contributed by atoms with Crippen LogP contribution in [0.1, 0.15) is 28.9 Å². The Labute approximate surface area is 162 Å². The minimum atomic E-state index is -0.324. The Hall–Kier alpha value is -2.96. The van der Waals surface area contributed by atoms with Crippen LogP contribution in [0.3, 0.4) is 0 Å². The van der Waals surface area contributed by atoms with E-state index in [0.717, 1.165) is 5.56 Å². The van der Waals surface area contributed by atoms with Gasteiger partial charge in [-0.3, -0.25) is 9.59 Å². The van der Waals surface area contributed by atoms with Crippen molar-refractivity contribution >= 4 is 11.8 Å². The predicted molar refractivity (Wildman–Crippen MR) is 100 cm³/mol. The van der Waals surface area contributed by atoms with Gasteiger partial charge in [-0.2, -0.15) is 0 Å². The number of hydrogen-bond donors (Lipinski definition) is 0. The van der Waals surface area contributed by atoms with E-state index in [1.54, 1.807) is 34.2 Å². The van der Waals surface area contributed by atoms with Crippen molar-refractivity contribution in [3.05, 3.63) is 59.5 Å². The molecular formula is C21H22FN3O3. The molecule has 0 saturated carbocycles. The SMILES string of the molecule is COc1ncccc1C(=O)N1C[C@@H]2CN(C(C)=O)[C@H](c3cccc(F)c3)[C@@H]2C1. The number of methoxy groups -OCH3 is 1. The molecule has 0 N–H and O–H groups in total. The van der Waals surface area contributed by atoms with Crippen LogP contribution in [-0.2, 0) is 4.79 Å². The number of fused-ring (bicyclic) bond motifs is 1. The average Bonchev–Trinajstić information content (AvgIpc) is 3.25. The Bertz CT molecular complexity index is 919. The quantitative estimate of drug-likeness (QED) is 0.817. The smallest absolute Gasteiger partial charge is 0.259 e. The summed E-state index contributed by atoms with van der Waals surface area (Å²) in [5.41, 5.74) is 1.20. The summed E-state index contributed by atoms with van der Waals surface area (Å²) in [5, 5.41) is 0. The first-order chi connectivity index (χ1) is 13.5. The zero-order valence-corrected chi connectivity index (χ0v) is 15.8. The Morgan fingerprint density at radius 3 is 2.71 bits per heavy atom. The van der Waals surface area contributed by atoms with E-state index >= 15 is 0 Å². The summed E-state index contributed by atoms with van der Waals surface area (Å²) in [6, 6.07) is 9.57. The van der Waals surface area contributed by atoms with Gasteiger partial charge in [-0.15, -0.1) is 0 Å². The standard InChI is InChI=1S/C21H22FN3O3/c1-13(26)25-11-15-10-24(21(27)17-7-4-8-23-20(17)28-2)12-18(15)19(25)14-5-3-6-16(22)9-14/h3-9,15,18-19H,10-12H2,1-2H3/t15-,18-,19-/m1/s1. The van der Waals surface area contributed by atoms with E-state index < -0.39 is 0 Å². The maximum absolute atomic E-state index is 13.8. The third-order valence-electron chi connectivity index (χ3n) is 5.74. The number of nitrogens with zero attached hydrogens (tertiary/aromatic N) is 3. The van der Waals surface area contributed by atoms with Crippen molar-refractivity contribution < 1.29 is 18.7 Å². The number of halogens is 1. The van der Waals surface area contributed by atoms with Crippen molar-refractivity contribution in [2.24, 2.45) is 11.8 Å². The number of hydrogen-bond acceptors (Lipinski definition) is 4. The number of amides is 2. The van der Waals surface area contributed by atoms with Crippen molar-refractivity contribution in [2.45, 2.75) is 13.0 Å². The molecule has 2 aliphatic heterocycles. The summed E-state index contributed by atoms with van der Waals surface area (Å²) in [6.45, 7) is 3.16. The molecule has 1 aromatic carbocycles. The highest BCUT2D eigenvalue weighted by molar-refractivity contribution is 5.96. The van der Waals surface area contributed by atoms with Crippen LogP contribution in [0.5, 0.6) is 5.88 Å². The van der Waals surface area contributed by atoms with Crippen molar-refractivity contribution in [1.29, 1.82) is 0 Å².